The summed E-state index contributed by atoms with van der Waals surface area (Å²) in [5.41, 5.74) is -0.0691. The maximum Gasteiger partial charge on any atom is 0.338 e. The third kappa shape index (κ3) is 6.33. The van der Waals surface area contributed by atoms with Gasteiger partial charge in [0.15, 0.2) is 18.2 Å². The Bertz CT molecular complexity index is 589. The van der Waals surface area contributed by atoms with E-state index in [1.807, 2.05) is 19.2 Å². The summed E-state index contributed by atoms with van der Waals surface area (Å²) in [6, 6.07) is 2.84. The topological polar surface area (TPSA) is 93.7 Å². The first-order valence-electron chi connectivity index (χ1n) is 6.91. The lowest BCUT2D eigenvalue weighted by molar-refractivity contribution is -0.123. The van der Waals surface area contributed by atoms with Gasteiger partial charge in [-0.25, -0.2) is 14.0 Å². The van der Waals surface area contributed by atoms with Crippen LogP contribution >= 0.6 is 0 Å². The van der Waals surface area contributed by atoms with Crippen LogP contribution in [0.1, 0.15) is 24.2 Å². The van der Waals surface area contributed by atoms with Gasteiger partial charge in [0, 0.05) is 6.54 Å². The molecule has 0 bridgehead atoms. The lowest BCUT2D eigenvalue weighted by Gasteiger charge is -2.09. The van der Waals surface area contributed by atoms with Crippen LogP contribution in [0.15, 0.2) is 18.2 Å². The summed E-state index contributed by atoms with van der Waals surface area (Å²) in [4.78, 5) is 34.5. The summed E-state index contributed by atoms with van der Waals surface area (Å²) in [7, 11) is 1.30. The summed E-state index contributed by atoms with van der Waals surface area (Å²) in [5.74, 6) is -2.17. The number of methoxy groups -OCH3 is 1. The molecule has 0 radical (unpaired) electrons. The van der Waals surface area contributed by atoms with Gasteiger partial charge in [-0.3, -0.25) is 10.1 Å². The number of hydrogen-bond acceptors (Lipinski definition) is 5. The van der Waals surface area contributed by atoms with Gasteiger partial charge in [0.1, 0.15) is 0 Å². The fourth-order valence-electron chi connectivity index (χ4n) is 1.51. The van der Waals surface area contributed by atoms with Crippen LogP contribution in [-0.2, 0) is 9.53 Å². The molecule has 0 fully saturated rings. The molecule has 126 valence electrons. The molecule has 7 nitrogen and oxygen atoms in total. The first kappa shape index (κ1) is 18.4. The normalized spacial score (nSPS) is 10.1. The van der Waals surface area contributed by atoms with Crippen LogP contribution < -0.4 is 15.4 Å². The molecule has 0 saturated heterocycles. The molecule has 0 heterocycles. The van der Waals surface area contributed by atoms with E-state index in [0.717, 1.165) is 6.07 Å². The van der Waals surface area contributed by atoms with Gasteiger partial charge in [-0.1, -0.05) is 13.8 Å². The molecule has 1 aromatic rings. The summed E-state index contributed by atoms with van der Waals surface area (Å²) < 4.78 is 22.9. The molecule has 2 N–H and O–H groups in total. The van der Waals surface area contributed by atoms with E-state index >= 15 is 0 Å². The second-order valence-electron chi connectivity index (χ2n) is 5.08. The highest BCUT2D eigenvalue weighted by Gasteiger charge is 2.14. The van der Waals surface area contributed by atoms with Gasteiger partial charge in [0.25, 0.3) is 5.91 Å². The van der Waals surface area contributed by atoms with Gasteiger partial charge in [-0.05, 0) is 24.1 Å². The summed E-state index contributed by atoms with van der Waals surface area (Å²) in [5, 5.41) is 4.49. The molecule has 8 heteroatoms. The van der Waals surface area contributed by atoms with Crippen molar-refractivity contribution in [1.82, 2.24) is 10.6 Å². The van der Waals surface area contributed by atoms with Crippen LogP contribution in [-0.4, -0.2) is 38.2 Å². The molecule has 0 aliphatic heterocycles. The Morgan fingerprint density at radius 2 is 1.96 bits per heavy atom. The fraction of sp³-hybridized carbons (Fsp3) is 0.400. The van der Waals surface area contributed by atoms with E-state index in [4.69, 9.17) is 9.47 Å². The van der Waals surface area contributed by atoms with Crippen LogP contribution in [0, 0.1) is 11.7 Å². The smallest absolute Gasteiger partial charge is 0.338 e. The fourth-order valence-corrected chi connectivity index (χ4v) is 1.51. The number of amides is 3. The minimum Gasteiger partial charge on any atom is -0.494 e. The van der Waals surface area contributed by atoms with Gasteiger partial charge in [0.2, 0.25) is 0 Å². The zero-order valence-corrected chi connectivity index (χ0v) is 13.1. The van der Waals surface area contributed by atoms with E-state index in [1.165, 1.54) is 19.2 Å². The van der Waals surface area contributed by atoms with Crippen LogP contribution in [0.25, 0.3) is 0 Å². The zero-order valence-electron chi connectivity index (χ0n) is 13.1. The van der Waals surface area contributed by atoms with Crippen molar-refractivity contribution in [2.75, 3.05) is 20.3 Å². The van der Waals surface area contributed by atoms with Crippen molar-refractivity contribution >= 4 is 17.9 Å². The number of urea groups is 1. The van der Waals surface area contributed by atoms with Crippen molar-refractivity contribution in [2.24, 2.45) is 5.92 Å². The van der Waals surface area contributed by atoms with E-state index in [9.17, 15) is 18.8 Å². The molecule has 0 atom stereocenters. The summed E-state index contributed by atoms with van der Waals surface area (Å²) in [6.45, 7) is 3.56. The molecular weight excluding hydrogens is 307 g/mol. The Morgan fingerprint density at radius 3 is 2.52 bits per heavy atom. The predicted octanol–water partition coefficient (Wildman–Crippen LogP) is 1.47. The quantitative estimate of drug-likeness (QED) is 0.772. The maximum absolute atomic E-state index is 13.5. The SMILES string of the molecule is COc1ccc(C(=O)OCC(=O)NC(=O)NCC(C)C)cc1F. The zero-order chi connectivity index (χ0) is 17.4. The number of nitrogens with one attached hydrogen (secondary N) is 2. The summed E-state index contributed by atoms with van der Waals surface area (Å²) >= 11 is 0. The highest BCUT2D eigenvalue weighted by Crippen LogP contribution is 2.18. The highest BCUT2D eigenvalue weighted by atomic mass is 19.1. The number of benzene rings is 1. The van der Waals surface area contributed by atoms with Crippen molar-refractivity contribution < 1.29 is 28.2 Å². The number of imide groups is 1. The Balaban J connectivity index is 2.45. The van der Waals surface area contributed by atoms with Crippen molar-refractivity contribution in [3.05, 3.63) is 29.6 Å². The molecule has 1 rings (SSSR count). The maximum atomic E-state index is 13.5. The number of ether oxygens (including phenoxy) is 2. The minimum atomic E-state index is -0.885. The van der Waals surface area contributed by atoms with Crippen LogP contribution in [0.3, 0.4) is 0 Å². The van der Waals surface area contributed by atoms with E-state index in [2.05, 4.69) is 5.32 Å². The van der Waals surface area contributed by atoms with Crippen LogP contribution in [0.4, 0.5) is 9.18 Å². The largest absolute Gasteiger partial charge is 0.494 e. The van der Waals surface area contributed by atoms with E-state index in [-0.39, 0.29) is 17.2 Å². The highest BCUT2D eigenvalue weighted by molar-refractivity contribution is 5.97. The number of carbonyl (C=O) groups is 3. The molecule has 0 unspecified atom stereocenters. The first-order valence-corrected chi connectivity index (χ1v) is 6.91. The van der Waals surface area contributed by atoms with Crippen molar-refractivity contribution in [3.63, 3.8) is 0 Å². The second kappa shape index (κ2) is 8.72. The average molecular weight is 326 g/mol. The Morgan fingerprint density at radius 1 is 1.26 bits per heavy atom. The molecule has 0 aliphatic rings. The molecule has 1 aromatic carbocycles. The van der Waals surface area contributed by atoms with Gasteiger partial charge in [0.05, 0.1) is 12.7 Å². The number of esters is 1. The Labute approximate surface area is 133 Å². The van der Waals surface area contributed by atoms with E-state index in [1.54, 1.807) is 0 Å². The molecule has 23 heavy (non-hydrogen) atoms. The predicted molar refractivity (Wildman–Crippen MR) is 79.6 cm³/mol. The first-order chi connectivity index (χ1) is 10.8. The molecule has 0 aliphatic carbocycles. The molecular formula is C15H19FN2O5. The summed E-state index contributed by atoms with van der Waals surface area (Å²) in [6.07, 6.45) is 0. The average Bonchev–Trinajstić information content (AvgIpc) is 2.50. The molecule has 3 amide bonds. The minimum absolute atomic E-state index is 0.0129. The van der Waals surface area contributed by atoms with E-state index in [0.29, 0.717) is 6.54 Å². The third-order valence-electron chi connectivity index (χ3n) is 2.65. The molecule has 0 spiro atoms. The monoisotopic (exact) mass is 326 g/mol. The lowest BCUT2D eigenvalue weighted by atomic mass is 10.2. The Kier molecular flexibility index (Phi) is 6.98. The van der Waals surface area contributed by atoms with Crippen LogP contribution in [0.5, 0.6) is 5.75 Å². The number of carbonyl (C=O) groups excluding carboxylic acids is 3. The van der Waals surface area contributed by atoms with Crippen LogP contribution in [0.2, 0.25) is 0 Å². The van der Waals surface area contributed by atoms with Crippen molar-refractivity contribution in [2.45, 2.75) is 13.8 Å². The van der Waals surface area contributed by atoms with Crippen molar-refractivity contribution in [1.29, 1.82) is 0 Å². The molecule has 0 aromatic heterocycles. The third-order valence-corrected chi connectivity index (χ3v) is 2.65. The second-order valence-corrected chi connectivity index (χ2v) is 5.08. The Hall–Kier alpha value is -2.64. The van der Waals surface area contributed by atoms with Crippen molar-refractivity contribution in [3.8, 4) is 5.75 Å². The standard InChI is InChI=1S/C15H19FN2O5/c1-9(2)7-17-15(21)18-13(19)8-23-14(20)10-4-5-12(22-3)11(16)6-10/h4-6,9H,7-8H2,1-3H3,(H2,17,18,19,21). The number of halogens is 1. The van der Waals surface area contributed by atoms with Gasteiger partial charge in [-0.15, -0.1) is 0 Å². The molecule has 0 saturated carbocycles. The van der Waals surface area contributed by atoms with E-state index < -0.39 is 30.3 Å². The number of hydrogen-bond donors (Lipinski definition) is 2. The number of rotatable bonds is 6. The lowest BCUT2D eigenvalue weighted by Crippen LogP contribution is -2.42. The van der Waals surface area contributed by atoms with Gasteiger partial charge < -0.3 is 14.8 Å². The van der Waals surface area contributed by atoms with Gasteiger partial charge in [-0.2, -0.15) is 0 Å². The van der Waals surface area contributed by atoms with Gasteiger partial charge >= 0.3 is 12.0 Å².